The molecule has 1 amide bonds. The molecule has 0 radical (unpaired) electrons. The van der Waals surface area contributed by atoms with Crippen molar-refractivity contribution in [2.45, 2.75) is 0 Å². The molecule has 0 aliphatic rings. The third-order valence-electron chi connectivity index (χ3n) is 2.08. The monoisotopic (exact) mass is 311 g/mol. The SMILES string of the molecule is CNC(=O)c1cccc(Nc2ncc(Br)s2)c1. The van der Waals surface area contributed by atoms with Crippen LogP contribution in [0.25, 0.3) is 0 Å². The first-order valence-corrected chi connectivity index (χ1v) is 6.50. The normalized spacial score (nSPS) is 10.0. The fourth-order valence-electron chi connectivity index (χ4n) is 1.32. The lowest BCUT2D eigenvalue weighted by Crippen LogP contribution is -2.17. The number of carbonyl (C=O) groups excluding carboxylic acids is 1. The summed E-state index contributed by atoms with van der Waals surface area (Å²) in [6.07, 6.45) is 1.73. The molecule has 0 saturated heterocycles. The van der Waals surface area contributed by atoms with Crippen molar-refractivity contribution in [3.63, 3.8) is 0 Å². The summed E-state index contributed by atoms with van der Waals surface area (Å²) >= 11 is 4.84. The number of halogens is 1. The van der Waals surface area contributed by atoms with Gasteiger partial charge in [-0.25, -0.2) is 4.98 Å². The molecule has 1 aromatic carbocycles. The molecule has 0 saturated carbocycles. The van der Waals surface area contributed by atoms with Crippen LogP contribution in [-0.2, 0) is 0 Å². The average Bonchev–Trinajstić information content (AvgIpc) is 2.74. The first kappa shape index (κ1) is 12.1. The van der Waals surface area contributed by atoms with Gasteiger partial charge < -0.3 is 10.6 Å². The molecule has 1 aromatic heterocycles. The Morgan fingerprint density at radius 1 is 1.47 bits per heavy atom. The summed E-state index contributed by atoms with van der Waals surface area (Å²) in [5.74, 6) is -0.103. The van der Waals surface area contributed by atoms with Gasteiger partial charge in [-0.05, 0) is 34.1 Å². The van der Waals surface area contributed by atoms with E-state index in [9.17, 15) is 4.79 Å². The van der Waals surface area contributed by atoms with E-state index in [1.807, 2.05) is 12.1 Å². The standard InChI is InChI=1S/C11H10BrN3OS/c1-13-10(16)7-3-2-4-8(5-7)15-11-14-6-9(12)17-11/h2-6H,1H3,(H,13,16)(H,14,15). The third kappa shape index (κ3) is 3.04. The van der Waals surface area contributed by atoms with Crippen LogP contribution in [0.15, 0.2) is 34.2 Å². The number of hydrogen-bond donors (Lipinski definition) is 2. The van der Waals surface area contributed by atoms with Crippen LogP contribution in [0.1, 0.15) is 10.4 Å². The molecule has 6 heteroatoms. The van der Waals surface area contributed by atoms with Gasteiger partial charge in [-0.3, -0.25) is 4.79 Å². The van der Waals surface area contributed by atoms with E-state index < -0.39 is 0 Å². The zero-order valence-electron chi connectivity index (χ0n) is 9.03. The molecule has 2 N–H and O–H groups in total. The Morgan fingerprint density at radius 2 is 2.29 bits per heavy atom. The molecular formula is C11H10BrN3OS. The highest BCUT2D eigenvalue weighted by Crippen LogP contribution is 2.26. The van der Waals surface area contributed by atoms with E-state index in [4.69, 9.17) is 0 Å². The summed E-state index contributed by atoms with van der Waals surface area (Å²) in [5, 5.41) is 6.51. The molecule has 17 heavy (non-hydrogen) atoms. The van der Waals surface area contributed by atoms with Gasteiger partial charge in [0.15, 0.2) is 5.13 Å². The Balaban J connectivity index is 2.19. The number of rotatable bonds is 3. The van der Waals surface area contributed by atoms with Gasteiger partial charge in [-0.1, -0.05) is 17.4 Å². The summed E-state index contributed by atoms with van der Waals surface area (Å²) in [6.45, 7) is 0. The smallest absolute Gasteiger partial charge is 0.251 e. The number of nitrogens with one attached hydrogen (secondary N) is 2. The number of benzene rings is 1. The van der Waals surface area contributed by atoms with Crippen molar-refractivity contribution in [3.8, 4) is 0 Å². The fourth-order valence-corrected chi connectivity index (χ4v) is 2.44. The van der Waals surface area contributed by atoms with Crippen molar-refractivity contribution in [1.29, 1.82) is 0 Å². The van der Waals surface area contributed by atoms with Crippen molar-refractivity contribution in [3.05, 3.63) is 39.8 Å². The van der Waals surface area contributed by atoms with Crippen molar-refractivity contribution >= 4 is 44.0 Å². The van der Waals surface area contributed by atoms with E-state index in [-0.39, 0.29) is 5.91 Å². The fraction of sp³-hybridized carbons (Fsp3) is 0.0909. The molecule has 0 bridgehead atoms. The maximum atomic E-state index is 11.5. The van der Waals surface area contributed by atoms with Gasteiger partial charge in [-0.2, -0.15) is 0 Å². The highest BCUT2D eigenvalue weighted by molar-refractivity contribution is 9.11. The number of anilines is 2. The van der Waals surface area contributed by atoms with E-state index >= 15 is 0 Å². The Labute approximate surface area is 111 Å². The predicted octanol–water partition coefficient (Wildman–Crippen LogP) is 3.01. The lowest BCUT2D eigenvalue weighted by Gasteiger charge is -2.04. The molecule has 0 fully saturated rings. The molecule has 2 rings (SSSR count). The second-order valence-electron chi connectivity index (χ2n) is 3.25. The van der Waals surface area contributed by atoms with Crippen LogP contribution in [0, 0.1) is 0 Å². The summed E-state index contributed by atoms with van der Waals surface area (Å²) in [4.78, 5) is 15.6. The van der Waals surface area contributed by atoms with E-state index in [0.29, 0.717) is 5.56 Å². The number of aromatic nitrogens is 1. The van der Waals surface area contributed by atoms with Gasteiger partial charge in [-0.15, -0.1) is 0 Å². The number of thiazole rings is 1. The van der Waals surface area contributed by atoms with Gasteiger partial charge >= 0.3 is 0 Å². The number of nitrogens with zero attached hydrogens (tertiary/aromatic N) is 1. The lowest BCUT2D eigenvalue weighted by molar-refractivity contribution is 0.0963. The maximum absolute atomic E-state index is 11.5. The topological polar surface area (TPSA) is 54.0 Å². The van der Waals surface area contributed by atoms with E-state index in [1.54, 1.807) is 25.4 Å². The first-order valence-electron chi connectivity index (χ1n) is 4.89. The minimum absolute atomic E-state index is 0.103. The summed E-state index contributed by atoms with van der Waals surface area (Å²) in [6, 6.07) is 7.27. The van der Waals surface area contributed by atoms with Gasteiger partial charge in [0.25, 0.3) is 5.91 Å². The summed E-state index contributed by atoms with van der Waals surface area (Å²) in [7, 11) is 1.61. The first-order chi connectivity index (χ1) is 8.19. The lowest BCUT2D eigenvalue weighted by atomic mass is 10.2. The summed E-state index contributed by atoms with van der Waals surface area (Å²) in [5.41, 5.74) is 1.46. The van der Waals surface area contributed by atoms with Crippen LogP contribution >= 0.6 is 27.3 Å². The van der Waals surface area contributed by atoms with Gasteiger partial charge in [0.2, 0.25) is 0 Å². The molecule has 0 atom stereocenters. The largest absolute Gasteiger partial charge is 0.355 e. The van der Waals surface area contributed by atoms with Crippen LogP contribution in [0.5, 0.6) is 0 Å². The third-order valence-corrected chi connectivity index (χ3v) is 3.47. The van der Waals surface area contributed by atoms with Crippen molar-refractivity contribution in [2.24, 2.45) is 0 Å². The number of hydrogen-bond acceptors (Lipinski definition) is 4. The van der Waals surface area contributed by atoms with Crippen LogP contribution in [0.2, 0.25) is 0 Å². The quantitative estimate of drug-likeness (QED) is 0.916. The van der Waals surface area contributed by atoms with E-state index in [1.165, 1.54) is 11.3 Å². The Morgan fingerprint density at radius 3 is 2.94 bits per heavy atom. The van der Waals surface area contributed by atoms with E-state index in [2.05, 4.69) is 31.5 Å². The summed E-state index contributed by atoms with van der Waals surface area (Å²) < 4.78 is 0.961. The van der Waals surface area contributed by atoms with Crippen molar-refractivity contribution in [2.75, 3.05) is 12.4 Å². The molecule has 1 heterocycles. The van der Waals surface area contributed by atoms with Crippen molar-refractivity contribution < 1.29 is 4.79 Å². The van der Waals surface area contributed by atoms with Crippen LogP contribution in [0.4, 0.5) is 10.8 Å². The molecule has 4 nitrogen and oxygen atoms in total. The van der Waals surface area contributed by atoms with Gasteiger partial charge in [0.05, 0.1) is 9.98 Å². The zero-order valence-corrected chi connectivity index (χ0v) is 11.4. The molecule has 0 aliphatic carbocycles. The number of carbonyl (C=O) groups is 1. The average molecular weight is 312 g/mol. The Bertz CT molecular complexity index is 541. The highest BCUT2D eigenvalue weighted by Gasteiger charge is 2.05. The van der Waals surface area contributed by atoms with E-state index in [0.717, 1.165) is 14.6 Å². The maximum Gasteiger partial charge on any atom is 0.251 e. The highest BCUT2D eigenvalue weighted by atomic mass is 79.9. The molecular weight excluding hydrogens is 302 g/mol. The molecule has 88 valence electrons. The van der Waals surface area contributed by atoms with Crippen LogP contribution in [0.3, 0.4) is 0 Å². The Hall–Kier alpha value is -1.40. The number of amides is 1. The minimum atomic E-state index is -0.103. The second-order valence-corrected chi connectivity index (χ2v) is 5.66. The molecule has 0 spiro atoms. The molecule has 2 aromatic rings. The Kier molecular flexibility index (Phi) is 3.75. The molecule has 0 unspecified atom stereocenters. The van der Waals surface area contributed by atoms with Crippen LogP contribution < -0.4 is 10.6 Å². The predicted molar refractivity (Wildman–Crippen MR) is 72.9 cm³/mol. The minimum Gasteiger partial charge on any atom is -0.355 e. The van der Waals surface area contributed by atoms with Gasteiger partial charge in [0, 0.05) is 18.3 Å². The molecule has 0 aliphatic heterocycles. The van der Waals surface area contributed by atoms with Crippen molar-refractivity contribution in [1.82, 2.24) is 10.3 Å². The van der Waals surface area contributed by atoms with Gasteiger partial charge in [0.1, 0.15) is 0 Å². The second kappa shape index (κ2) is 5.29. The zero-order chi connectivity index (χ0) is 12.3. The van der Waals surface area contributed by atoms with Crippen LogP contribution in [-0.4, -0.2) is 17.9 Å².